The molecule has 0 saturated heterocycles. The molecule has 0 bridgehead atoms. The predicted molar refractivity (Wildman–Crippen MR) is 93.2 cm³/mol. The average molecular weight is 363 g/mol. The molecule has 0 fully saturated rings. The third-order valence-electron chi connectivity index (χ3n) is 3.37. The van der Waals surface area contributed by atoms with Crippen LogP contribution in [0.1, 0.15) is 23.7 Å². The second kappa shape index (κ2) is 8.43. The Morgan fingerprint density at radius 3 is 2.76 bits per heavy atom. The van der Waals surface area contributed by atoms with Gasteiger partial charge in [0.25, 0.3) is 5.91 Å². The summed E-state index contributed by atoms with van der Waals surface area (Å²) in [4.78, 5) is 50.7. The number of carbonyl (C=O) groups is 4. The van der Waals surface area contributed by atoms with E-state index < -0.39 is 23.7 Å². The molecule has 1 aliphatic rings. The maximum atomic E-state index is 12.0. The van der Waals surface area contributed by atoms with Crippen LogP contribution in [0.3, 0.4) is 0 Å². The Balaban J connectivity index is 1.92. The van der Waals surface area contributed by atoms with E-state index in [9.17, 15) is 19.2 Å². The molecule has 2 rings (SSSR count). The van der Waals surface area contributed by atoms with Crippen molar-refractivity contribution in [2.24, 2.45) is 10.9 Å². The van der Waals surface area contributed by atoms with Gasteiger partial charge in [-0.2, -0.15) is 4.99 Å². The number of aliphatic imine (C=N–C) groups is 1. The molecule has 0 saturated carbocycles. The molecular formula is C16H17N3O5S. The van der Waals surface area contributed by atoms with Crippen LogP contribution in [0.4, 0.5) is 5.69 Å². The lowest BCUT2D eigenvalue weighted by molar-refractivity contribution is -0.133. The van der Waals surface area contributed by atoms with Gasteiger partial charge in [-0.05, 0) is 24.6 Å². The van der Waals surface area contributed by atoms with Crippen molar-refractivity contribution in [3.8, 4) is 0 Å². The lowest BCUT2D eigenvalue weighted by Crippen LogP contribution is -2.42. The van der Waals surface area contributed by atoms with Crippen LogP contribution in [0.5, 0.6) is 0 Å². The second-order valence-electron chi connectivity index (χ2n) is 5.11. The molecule has 1 heterocycles. The van der Waals surface area contributed by atoms with Crippen molar-refractivity contribution < 1.29 is 23.9 Å². The average Bonchev–Trinajstić information content (AvgIpc) is 2.59. The first-order chi connectivity index (χ1) is 11.9. The molecule has 2 N–H and O–H groups in total. The summed E-state index contributed by atoms with van der Waals surface area (Å²) >= 11 is 0.953. The van der Waals surface area contributed by atoms with Crippen molar-refractivity contribution in [1.29, 1.82) is 0 Å². The van der Waals surface area contributed by atoms with Gasteiger partial charge in [-0.15, -0.1) is 0 Å². The largest absolute Gasteiger partial charge is 0.465 e. The van der Waals surface area contributed by atoms with Crippen molar-refractivity contribution in [2.45, 2.75) is 13.3 Å². The number of benzene rings is 1. The van der Waals surface area contributed by atoms with Gasteiger partial charge in [0, 0.05) is 5.69 Å². The molecule has 1 aromatic carbocycles. The first-order valence-corrected chi connectivity index (χ1v) is 8.47. The molecule has 1 aliphatic heterocycles. The lowest BCUT2D eigenvalue weighted by Gasteiger charge is -2.18. The normalized spacial score (nSPS) is 16.7. The minimum atomic E-state index is -0.765. The van der Waals surface area contributed by atoms with E-state index in [2.05, 4.69) is 20.4 Å². The molecule has 1 atom stereocenters. The maximum absolute atomic E-state index is 12.0. The Kier molecular flexibility index (Phi) is 6.29. The molecule has 0 spiro atoms. The zero-order valence-corrected chi connectivity index (χ0v) is 14.5. The van der Waals surface area contributed by atoms with Crippen molar-refractivity contribution in [3.63, 3.8) is 0 Å². The molecule has 132 valence electrons. The molecule has 0 aliphatic carbocycles. The van der Waals surface area contributed by atoms with Crippen LogP contribution in [-0.2, 0) is 19.1 Å². The lowest BCUT2D eigenvalue weighted by atomic mass is 10.0. The van der Waals surface area contributed by atoms with Gasteiger partial charge in [0.2, 0.25) is 11.8 Å². The highest BCUT2D eigenvalue weighted by molar-refractivity contribution is 8.14. The summed E-state index contributed by atoms with van der Waals surface area (Å²) in [6.07, 6.45) is 0.378. The Labute approximate surface area is 148 Å². The number of hydrogen-bond acceptors (Lipinski definition) is 6. The van der Waals surface area contributed by atoms with Gasteiger partial charge in [0.15, 0.2) is 5.17 Å². The summed E-state index contributed by atoms with van der Waals surface area (Å²) in [6.45, 7) is 1.73. The highest BCUT2D eigenvalue weighted by Crippen LogP contribution is 2.16. The van der Waals surface area contributed by atoms with Crippen molar-refractivity contribution in [1.82, 2.24) is 5.32 Å². The maximum Gasteiger partial charge on any atom is 0.337 e. The highest BCUT2D eigenvalue weighted by atomic mass is 32.2. The van der Waals surface area contributed by atoms with Crippen LogP contribution >= 0.6 is 11.8 Å². The van der Waals surface area contributed by atoms with E-state index in [1.807, 2.05) is 0 Å². The minimum Gasteiger partial charge on any atom is -0.465 e. The molecule has 0 unspecified atom stereocenters. The number of ether oxygens (including phenoxy) is 1. The van der Waals surface area contributed by atoms with Crippen LogP contribution in [0.25, 0.3) is 0 Å². The molecule has 8 nitrogen and oxygen atoms in total. The summed E-state index contributed by atoms with van der Waals surface area (Å²) in [5, 5.41) is 5.24. The van der Waals surface area contributed by atoms with E-state index >= 15 is 0 Å². The molecule has 0 aromatic heterocycles. The number of amidine groups is 1. The number of nitrogens with zero attached hydrogens (tertiary/aromatic N) is 1. The molecule has 1 aromatic rings. The zero-order chi connectivity index (χ0) is 18.4. The Hall–Kier alpha value is -2.68. The number of thioether (sulfide) groups is 1. The van der Waals surface area contributed by atoms with Gasteiger partial charge < -0.3 is 15.4 Å². The number of carbonyl (C=O) groups excluding carboxylic acids is 4. The number of nitrogens with one attached hydrogen (secondary N) is 2. The van der Waals surface area contributed by atoms with Crippen molar-refractivity contribution >= 4 is 46.3 Å². The van der Waals surface area contributed by atoms with Crippen LogP contribution in [0, 0.1) is 5.92 Å². The van der Waals surface area contributed by atoms with E-state index in [-0.39, 0.29) is 16.8 Å². The SMILES string of the molecule is CC[C@H]1C(=O)N=C(SCC(=O)Nc2cccc(C(=O)OC)c2)NC1=O. The number of amides is 3. The van der Waals surface area contributed by atoms with Gasteiger partial charge in [-0.25, -0.2) is 4.79 Å². The third kappa shape index (κ3) is 4.90. The predicted octanol–water partition coefficient (Wildman–Crippen LogP) is 1.18. The number of hydrogen-bond donors (Lipinski definition) is 2. The summed E-state index contributed by atoms with van der Waals surface area (Å²) < 4.78 is 4.62. The van der Waals surface area contributed by atoms with E-state index in [1.54, 1.807) is 25.1 Å². The monoisotopic (exact) mass is 363 g/mol. The summed E-state index contributed by atoms with van der Waals surface area (Å²) in [5.74, 6) is -2.59. The molecule has 3 amide bonds. The summed E-state index contributed by atoms with van der Waals surface area (Å²) in [7, 11) is 1.27. The van der Waals surface area contributed by atoms with Gasteiger partial charge in [-0.1, -0.05) is 24.8 Å². The van der Waals surface area contributed by atoms with Gasteiger partial charge >= 0.3 is 5.97 Å². The van der Waals surface area contributed by atoms with Crippen LogP contribution < -0.4 is 10.6 Å². The number of rotatable bonds is 5. The molecule has 25 heavy (non-hydrogen) atoms. The van der Waals surface area contributed by atoms with Gasteiger partial charge in [-0.3, -0.25) is 14.4 Å². The fraction of sp³-hybridized carbons (Fsp3) is 0.312. The van der Waals surface area contributed by atoms with E-state index in [0.717, 1.165) is 11.8 Å². The third-order valence-corrected chi connectivity index (χ3v) is 4.25. The van der Waals surface area contributed by atoms with E-state index in [0.29, 0.717) is 17.7 Å². The highest BCUT2D eigenvalue weighted by Gasteiger charge is 2.30. The Morgan fingerprint density at radius 1 is 1.36 bits per heavy atom. The smallest absolute Gasteiger partial charge is 0.337 e. The second-order valence-corrected chi connectivity index (χ2v) is 6.08. The molecular weight excluding hydrogens is 346 g/mol. The van der Waals surface area contributed by atoms with Crippen molar-refractivity contribution in [2.75, 3.05) is 18.2 Å². The minimum absolute atomic E-state index is 0.0500. The first-order valence-electron chi connectivity index (χ1n) is 7.49. The van der Waals surface area contributed by atoms with Gasteiger partial charge in [0.1, 0.15) is 5.92 Å². The molecule has 0 radical (unpaired) electrons. The topological polar surface area (TPSA) is 114 Å². The Bertz CT molecular complexity index is 747. The van der Waals surface area contributed by atoms with Crippen LogP contribution in [0.15, 0.2) is 29.3 Å². The quantitative estimate of drug-likeness (QED) is 0.600. The van der Waals surface area contributed by atoms with E-state index in [1.165, 1.54) is 13.2 Å². The van der Waals surface area contributed by atoms with Gasteiger partial charge in [0.05, 0.1) is 18.4 Å². The van der Waals surface area contributed by atoms with Crippen LogP contribution in [-0.4, -0.2) is 41.7 Å². The fourth-order valence-electron chi connectivity index (χ4n) is 2.11. The fourth-order valence-corrected chi connectivity index (χ4v) is 2.78. The number of anilines is 1. The number of methoxy groups -OCH3 is 1. The zero-order valence-electron chi connectivity index (χ0n) is 13.7. The number of esters is 1. The standard InChI is InChI=1S/C16H17N3O5S/c1-3-11-13(21)18-16(19-14(11)22)25-8-12(20)17-10-6-4-5-9(7-10)15(23)24-2/h4-7,11H,3,8H2,1-2H3,(H,17,20)(H,18,19,21,22). The van der Waals surface area contributed by atoms with Crippen LogP contribution in [0.2, 0.25) is 0 Å². The first kappa shape index (κ1) is 18.7. The van der Waals surface area contributed by atoms with Crippen molar-refractivity contribution in [3.05, 3.63) is 29.8 Å². The van der Waals surface area contributed by atoms with E-state index in [4.69, 9.17) is 0 Å². The Morgan fingerprint density at radius 2 is 2.12 bits per heavy atom. The summed E-state index contributed by atoms with van der Waals surface area (Å²) in [6, 6.07) is 6.30. The molecule has 9 heteroatoms. The summed E-state index contributed by atoms with van der Waals surface area (Å²) in [5.41, 5.74) is 0.748.